The number of carbonyl (C=O) groups is 1. The van der Waals surface area contributed by atoms with Gasteiger partial charge in [0.1, 0.15) is 13.2 Å². The van der Waals surface area contributed by atoms with Gasteiger partial charge in [0.2, 0.25) is 0 Å². The minimum atomic E-state index is -0.233. The number of benzene rings is 2. The Kier molecular flexibility index (Phi) is 4.50. The van der Waals surface area contributed by atoms with Crippen LogP contribution in [0.5, 0.6) is 11.5 Å². The van der Waals surface area contributed by atoms with Crippen LogP contribution in [0.3, 0.4) is 0 Å². The van der Waals surface area contributed by atoms with E-state index in [1.54, 1.807) is 12.1 Å². The molecular formula is C19H16ClN3O3. The molecule has 6 nitrogen and oxygen atoms in total. The molecule has 4 rings (SSSR count). The van der Waals surface area contributed by atoms with Crippen molar-refractivity contribution in [1.82, 2.24) is 15.5 Å². The smallest absolute Gasteiger partial charge is 0.255 e. The lowest BCUT2D eigenvalue weighted by Gasteiger charge is -2.21. The van der Waals surface area contributed by atoms with E-state index in [1.807, 2.05) is 30.3 Å². The molecule has 0 unspecified atom stereocenters. The number of hydrogen-bond donors (Lipinski definition) is 2. The van der Waals surface area contributed by atoms with Crippen LogP contribution >= 0.6 is 11.6 Å². The van der Waals surface area contributed by atoms with Gasteiger partial charge in [-0.05, 0) is 18.2 Å². The average molecular weight is 370 g/mol. The van der Waals surface area contributed by atoms with Gasteiger partial charge in [-0.1, -0.05) is 35.9 Å². The molecular weight excluding hydrogens is 354 g/mol. The van der Waals surface area contributed by atoms with Crippen LogP contribution in [0.1, 0.15) is 15.9 Å². The summed E-state index contributed by atoms with van der Waals surface area (Å²) >= 11 is 6.04. The third-order valence-corrected chi connectivity index (χ3v) is 4.32. The topological polar surface area (TPSA) is 76.2 Å². The molecule has 132 valence electrons. The summed E-state index contributed by atoms with van der Waals surface area (Å²) in [5, 5.41) is 10.4. The van der Waals surface area contributed by atoms with E-state index >= 15 is 0 Å². The molecule has 2 N–H and O–H groups in total. The Balaban J connectivity index is 1.53. The highest BCUT2D eigenvalue weighted by Crippen LogP contribution is 2.33. The number of fused-ring (bicyclic) bond motifs is 1. The van der Waals surface area contributed by atoms with Gasteiger partial charge in [-0.25, -0.2) is 0 Å². The monoisotopic (exact) mass is 369 g/mol. The molecule has 1 aliphatic heterocycles. The molecule has 0 fully saturated rings. The summed E-state index contributed by atoms with van der Waals surface area (Å²) in [5.41, 5.74) is 2.74. The number of rotatable bonds is 4. The largest absolute Gasteiger partial charge is 0.486 e. The zero-order valence-corrected chi connectivity index (χ0v) is 14.5. The van der Waals surface area contributed by atoms with Crippen LogP contribution in [0.2, 0.25) is 5.02 Å². The number of hydrogen-bond acceptors (Lipinski definition) is 4. The van der Waals surface area contributed by atoms with E-state index in [9.17, 15) is 4.79 Å². The lowest BCUT2D eigenvalue weighted by atomic mass is 10.1. The summed E-state index contributed by atoms with van der Waals surface area (Å²) in [6, 6.07) is 12.9. The predicted octanol–water partition coefficient (Wildman–Crippen LogP) is 3.43. The van der Waals surface area contributed by atoms with Crippen LogP contribution in [0.15, 0.2) is 48.7 Å². The Hall–Kier alpha value is -2.99. The maximum atomic E-state index is 12.7. The van der Waals surface area contributed by atoms with Crippen LogP contribution in [0.25, 0.3) is 11.3 Å². The molecule has 0 radical (unpaired) electrons. The molecule has 1 aromatic heterocycles. The second-order valence-corrected chi connectivity index (χ2v) is 6.23. The average Bonchev–Trinajstić information content (AvgIpc) is 3.16. The van der Waals surface area contributed by atoms with E-state index in [0.29, 0.717) is 47.5 Å². The Morgan fingerprint density at radius 1 is 1.19 bits per heavy atom. The number of H-pyrrole nitrogens is 1. The first kappa shape index (κ1) is 16.5. The van der Waals surface area contributed by atoms with Gasteiger partial charge in [-0.2, -0.15) is 5.10 Å². The number of nitrogens with one attached hydrogen (secondary N) is 2. The minimum absolute atomic E-state index is 0.233. The van der Waals surface area contributed by atoms with Crippen molar-refractivity contribution in [3.05, 3.63) is 64.8 Å². The first-order chi connectivity index (χ1) is 12.7. The molecule has 1 aliphatic rings. The fourth-order valence-corrected chi connectivity index (χ4v) is 3.06. The molecule has 0 saturated heterocycles. The van der Waals surface area contributed by atoms with E-state index < -0.39 is 0 Å². The normalized spacial score (nSPS) is 12.7. The number of aromatic nitrogens is 2. The summed E-state index contributed by atoms with van der Waals surface area (Å²) in [4.78, 5) is 12.7. The molecule has 0 atom stereocenters. The minimum Gasteiger partial charge on any atom is -0.486 e. The van der Waals surface area contributed by atoms with E-state index in [4.69, 9.17) is 21.1 Å². The van der Waals surface area contributed by atoms with Crippen LogP contribution < -0.4 is 14.8 Å². The molecule has 0 saturated carbocycles. The number of halogens is 1. The molecule has 26 heavy (non-hydrogen) atoms. The van der Waals surface area contributed by atoms with Gasteiger partial charge in [0, 0.05) is 22.7 Å². The summed E-state index contributed by atoms with van der Waals surface area (Å²) in [5.74, 6) is 1.15. The van der Waals surface area contributed by atoms with Crippen molar-refractivity contribution in [3.63, 3.8) is 0 Å². The quantitative estimate of drug-likeness (QED) is 0.738. The predicted molar refractivity (Wildman–Crippen MR) is 97.6 cm³/mol. The van der Waals surface area contributed by atoms with Gasteiger partial charge in [0.25, 0.3) is 5.91 Å². The lowest BCUT2D eigenvalue weighted by Crippen LogP contribution is -2.24. The molecule has 7 heteroatoms. The van der Waals surface area contributed by atoms with Crippen LogP contribution in [0, 0.1) is 0 Å². The van der Waals surface area contributed by atoms with Crippen molar-refractivity contribution in [2.45, 2.75) is 6.54 Å². The fraction of sp³-hybridized carbons (Fsp3) is 0.158. The van der Waals surface area contributed by atoms with Crippen LogP contribution in [0.4, 0.5) is 0 Å². The van der Waals surface area contributed by atoms with Crippen molar-refractivity contribution in [2.24, 2.45) is 0 Å². The second-order valence-electron chi connectivity index (χ2n) is 5.79. The number of nitrogens with zero attached hydrogens (tertiary/aromatic N) is 1. The van der Waals surface area contributed by atoms with Crippen molar-refractivity contribution in [2.75, 3.05) is 13.2 Å². The first-order valence-corrected chi connectivity index (χ1v) is 8.55. The van der Waals surface area contributed by atoms with Crippen LogP contribution in [-0.4, -0.2) is 29.3 Å². The highest BCUT2D eigenvalue weighted by molar-refractivity contribution is 6.30. The van der Waals surface area contributed by atoms with Gasteiger partial charge < -0.3 is 14.8 Å². The molecule has 2 heterocycles. The highest BCUT2D eigenvalue weighted by atomic mass is 35.5. The van der Waals surface area contributed by atoms with E-state index in [2.05, 4.69) is 15.5 Å². The van der Waals surface area contributed by atoms with Gasteiger partial charge in [-0.15, -0.1) is 0 Å². The molecule has 1 amide bonds. The maximum Gasteiger partial charge on any atom is 0.255 e. The molecule has 0 bridgehead atoms. The first-order valence-electron chi connectivity index (χ1n) is 8.17. The summed E-state index contributed by atoms with van der Waals surface area (Å²) in [6.07, 6.45) is 1.51. The van der Waals surface area contributed by atoms with Crippen molar-refractivity contribution < 1.29 is 14.3 Å². The van der Waals surface area contributed by atoms with Crippen molar-refractivity contribution in [3.8, 4) is 22.8 Å². The number of para-hydroxylation sites is 1. The number of carbonyl (C=O) groups excluding carboxylic acids is 1. The van der Waals surface area contributed by atoms with E-state index in [1.165, 1.54) is 6.20 Å². The fourth-order valence-electron chi connectivity index (χ4n) is 2.87. The van der Waals surface area contributed by atoms with Gasteiger partial charge >= 0.3 is 0 Å². The summed E-state index contributed by atoms with van der Waals surface area (Å²) < 4.78 is 11.2. The zero-order chi connectivity index (χ0) is 17.9. The van der Waals surface area contributed by atoms with Crippen LogP contribution in [-0.2, 0) is 6.54 Å². The lowest BCUT2D eigenvalue weighted by molar-refractivity contribution is 0.0950. The van der Waals surface area contributed by atoms with Gasteiger partial charge in [0.05, 0.1) is 17.5 Å². The van der Waals surface area contributed by atoms with Gasteiger partial charge in [0.15, 0.2) is 11.5 Å². The molecule has 0 aliphatic carbocycles. The van der Waals surface area contributed by atoms with Crippen molar-refractivity contribution in [1.29, 1.82) is 0 Å². The Morgan fingerprint density at radius 2 is 2.04 bits per heavy atom. The molecule has 3 aromatic rings. The Bertz CT molecular complexity index is 955. The summed E-state index contributed by atoms with van der Waals surface area (Å²) in [6.45, 7) is 1.35. The Labute approximate surface area is 155 Å². The molecule has 0 spiro atoms. The Morgan fingerprint density at radius 3 is 2.92 bits per heavy atom. The number of amides is 1. The highest BCUT2D eigenvalue weighted by Gasteiger charge is 2.18. The second kappa shape index (κ2) is 7.09. The molecule has 2 aromatic carbocycles. The van der Waals surface area contributed by atoms with Gasteiger partial charge in [-0.3, -0.25) is 9.89 Å². The third-order valence-electron chi connectivity index (χ3n) is 4.08. The number of aromatic amines is 1. The summed E-state index contributed by atoms with van der Waals surface area (Å²) in [7, 11) is 0. The standard InChI is InChI=1S/C19H16ClN3O3/c20-14-5-1-3-12(9-14)17-15(11-22-23-17)19(24)21-10-13-4-2-6-16-18(13)26-8-7-25-16/h1-6,9,11H,7-8,10H2,(H,21,24)(H,22,23). The van der Waals surface area contributed by atoms with Crippen molar-refractivity contribution >= 4 is 17.5 Å². The SMILES string of the molecule is O=C(NCc1cccc2c1OCCO2)c1cn[nH]c1-c1cccc(Cl)c1. The third kappa shape index (κ3) is 3.23. The van der Waals surface area contributed by atoms with E-state index in [-0.39, 0.29) is 5.91 Å². The van der Waals surface area contributed by atoms with E-state index in [0.717, 1.165) is 11.1 Å². The maximum absolute atomic E-state index is 12.7. The zero-order valence-electron chi connectivity index (χ0n) is 13.8. The number of ether oxygens (including phenoxy) is 2.